The van der Waals surface area contributed by atoms with Crippen LogP contribution in [0, 0.1) is 11.8 Å². The van der Waals surface area contributed by atoms with Crippen LogP contribution < -0.4 is 0 Å². The van der Waals surface area contributed by atoms with Gasteiger partial charge in [-0.1, -0.05) is 60.7 Å². The van der Waals surface area contributed by atoms with E-state index in [0.717, 1.165) is 11.1 Å². The number of alkyl halides is 6. The maximum absolute atomic E-state index is 13.8. The van der Waals surface area contributed by atoms with Crippen LogP contribution in [0.2, 0.25) is 0 Å². The number of hydrogen-bond donors (Lipinski definition) is 0. The third-order valence-corrected chi connectivity index (χ3v) is 9.27. The minimum absolute atomic E-state index is 0.0190. The van der Waals surface area contributed by atoms with Gasteiger partial charge in [0.15, 0.2) is 0 Å². The molecule has 4 heterocycles. The van der Waals surface area contributed by atoms with E-state index in [1.807, 2.05) is 60.7 Å². The van der Waals surface area contributed by atoms with Crippen molar-refractivity contribution in [3.05, 3.63) is 107 Å². The predicted molar refractivity (Wildman–Crippen MR) is 154 cm³/mol. The summed E-state index contributed by atoms with van der Waals surface area (Å²) < 4.78 is 93.8. The van der Waals surface area contributed by atoms with E-state index in [1.54, 1.807) is 4.90 Å². The second kappa shape index (κ2) is 12.8. The van der Waals surface area contributed by atoms with Crippen molar-refractivity contribution in [1.82, 2.24) is 9.80 Å². The third-order valence-electron chi connectivity index (χ3n) is 9.27. The van der Waals surface area contributed by atoms with Crippen LogP contribution in [0.5, 0.6) is 0 Å². The molecule has 4 fully saturated rings. The fraction of sp³-hybridized carbons (Fsp3) is 0.441. The summed E-state index contributed by atoms with van der Waals surface area (Å²) in [4.78, 5) is 17.8. The van der Waals surface area contributed by atoms with Crippen molar-refractivity contribution in [3.63, 3.8) is 0 Å². The molecule has 0 spiro atoms. The molecule has 45 heavy (non-hydrogen) atoms. The number of halogens is 6. The van der Waals surface area contributed by atoms with E-state index in [4.69, 9.17) is 9.47 Å². The zero-order valence-electron chi connectivity index (χ0n) is 24.4. The number of amides is 1. The molecule has 0 N–H and O–H groups in total. The molecular formula is C34H34F6N2O3. The molecule has 4 aliphatic rings. The number of morpholine rings is 1. The van der Waals surface area contributed by atoms with Gasteiger partial charge in [-0.3, -0.25) is 9.69 Å². The monoisotopic (exact) mass is 632 g/mol. The van der Waals surface area contributed by atoms with E-state index < -0.39 is 42.1 Å². The first kappa shape index (κ1) is 31.6. The number of nitrogens with zero attached hydrogens (tertiary/aromatic N) is 2. The quantitative estimate of drug-likeness (QED) is 0.275. The Labute approximate surface area is 257 Å². The summed E-state index contributed by atoms with van der Waals surface area (Å²) in [5.41, 5.74) is -0.977. The van der Waals surface area contributed by atoms with Crippen LogP contribution in [-0.2, 0) is 33.2 Å². The maximum Gasteiger partial charge on any atom is 0.416 e. The highest BCUT2D eigenvalue weighted by atomic mass is 19.4. The molecule has 3 aromatic carbocycles. The fourth-order valence-electron chi connectivity index (χ4n) is 7.23. The van der Waals surface area contributed by atoms with Gasteiger partial charge < -0.3 is 14.4 Å². The molecule has 5 nitrogen and oxygen atoms in total. The highest BCUT2D eigenvalue weighted by Crippen LogP contribution is 2.46. The molecule has 240 valence electrons. The standard InChI is InChI=1S/C34H34F6N2O3/c35-33(36,37)25-17-22(18-26(19-25)34(38,39)40)21-45-31-27-11-12-42(20-28(27)32(43)41-13-15-44-16-14-41)30(31)29(23-7-3-1-4-8-23)24-9-5-2-6-10-24/h1-10,17-19,27-31H,11-16,20-21H2. The van der Waals surface area contributed by atoms with Gasteiger partial charge in [0.05, 0.1) is 43.0 Å². The highest BCUT2D eigenvalue weighted by Gasteiger charge is 2.54. The zero-order valence-corrected chi connectivity index (χ0v) is 24.4. The molecule has 7 rings (SSSR count). The third kappa shape index (κ3) is 6.76. The number of hydrogen-bond acceptors (Lipinski definition) is 4. The van der Waals surface area contributed by atoms with E-state index in [1.165, 1.54) is 0 Å². The Morgan fingerprint density at radius 2 is 1.38 bits per heavy atom. The van der Waals surface area contributed by atoms with Crippen LogP contribution in [0.4, 0.5) is 26.3 Å². The zero-order chi connectivity index (χ0) is 31.8. The van der Waals surface area contributed by atoms with Gasteiger partial charge in [0.2, 0.25) is 5.91 Å². The summed E-state index contributed by atoms with van der Waals surface area (Å²) >= 11 is 0. The molecular weight excluding hydrogens is 598 g/mol. The molecule has 2 bridgehead atoms. The molecule has 11 heteroatoms. The normalized spacial score (nSPS) is 25.5. The molecule has 0 aliphatic carbocycles. The minimum atomic E-state index is -4.96. The van der Waals surface area contributed by atoms with Crippen molar-refractivity contribution in [1.29, 1.82) is 0 Å². The van der Waals surface area contributed by atoms with Crippen molar-refractivity contribution in [2.45, 2.75) is 43.4 Å². The second-order valence-corrected chi connectivity index (χ2v) is 12.0. The van der Waals surface area contributed by atoms with E-state index in [-0.39, 0.29) is 35.4 Å². The van der Waals surface area contributed by atoms with Crippen LogP contribution in [0.15, 0.2) is 78.9 Å². The van der Waals surface area contributed by atoms with E-state index in [2.05, 4.69) is 4.90 Å². The van der Waals surface area contributed by atoms with Crippen molar-refractivity contribution in [3.8, 4) is 0 Å². The molecule has 5 atom stereocenters. The van der Waals surface area contributed by atoms with Gasteiger partial charge in [-0.15, -0.1) is 0 Å². The lowest BCUT2D eigenvalue weighted by molar-refractivity contribution is -0.170. The summed E-state index contributed by atoms with van der Waals surface area (Å²) in [5.74, 6) is -0.933. The predicted octanol–water partition coefficient (Wildman–Crippen LogP) is 6.62. The molecule has 5 unspecified atom stereocenters. The van der Waals surface area contributed by atoms with E-state index >= 15 is 0 Å². The lowest BCUT2D eigenvalue weighted by atomic mass is 9.67. The topological polar surface area (TPSA) is 42.0 Å². The van der Waals surface area contributed by atoms with Crippen LogP contribution in [-0.4, -0.2) is 67.2 Å². The van der Waals surface area contributed by atoms with Crippen molar-refractivity contribution < 1.29 is 40.6 Å². The first-order valence-electron chi connectivity index (χ1n) is 15.1. The van der Waals surface area contributed by atoms with Crippen molar-refractivity contribution in [2.24, 2.45) is 11.8 Å². The minimum Gasteiger partial charge on any atom is -0.378 e. The molecule has 4 saturated heterocycles. The van der Waals surface area contributed by atoms with Crippen molar-refractivity contribution >= 4 is 5.91 Å². The van der Waals surface area contributed by atoms with Gasteiger partial charge in [0.25, 0.3) is 0 Å². The Bertz CT molecular complexity index is 1390. The molecule has 0 saturated carbocycles. The fourth-order valence-corrected chi connectivity index (χ4v) is 7.23. The van der Waals surface area contributed by atoms with Crippen LogP contribution in [0.3, 0.4) is 0 Å². The maximum atomic E-state index is 13.8. The number of carbonyl (C=O) groups excluding carboxylic acids is 1. The summed E-state index contributed by atoms with van der Waals surface area (Å²) in [7, 11) is 0. The van der Waals surface area contributed by atoms with Crippen LogP contribution in [0.25, 0.3) is 0 Å². The van der Waals surface area contributed by atoms with Crippen LogP contribution in [0.1, 0.15) is 40.2 Å². The Kier molecular flexibility index (Phi) is 8.96. The highest BCUT2D eigenvalue weighted by molar-refractivity contribution is 5.80. The van der Waals surface area contributed by atoms with Gasteiger partial charge in [0, 0.05) is 37.5 Å². The molecule has 1 amide bonds. The number of rotatable bonds is 7. The first-order valence-corrected chi connectivity index (χ1v) is 15.1. The summed E-state index contributed by atoms with van der Waals surface area (Å²) in [6.07, 6.45) is -9.95. The average Bonchev–Trinajstić information content (AvgIpc) is 3.04. The number of fused-ring (bicyclic) bond motifs is 3. The number of piperidine rings is 3. The summed E-state index contributed by atoms with van der Waals surface area (Å²) in [6.45, 7) is 2.54. The van der Waals surface area contributed by atoms with E-state index in [9.17, 15) is 31.1 Å². The van der Waals surface area contributed by atoms with Gasteiger partial charge in [-0.25, -0.2) is 0 Å². The Balaban J connectivity index is 1.39. The van der Waals surface area contributed by atoms with Gasteiger partial charge >= 0.3 is 12.4 Å². The van der Waals surface area contributed by atoms with Gasteiger partial charge in [-0.2, -0.15) is 26.3 Å². The Morgan fingerprint density at radius 3 is 1.91 bits per heavy atom. The number of ether oxygens (including phenoxy) is 2. The Morgan fingerprint density at radius 1 is 0.822 bits per heavy atom. The molecule has 0 radical (unpaired) electrons. The van der Waals surface area contributed by atoms with Crippen molar-refractivity contribution in [2.75, 3.05) is 39.4 Å². The van der Waals surface area contributed by atoms with Crippen LogP contribution >= 0.6 is 0 Å². The number of benzene rings is 3. The molecule has 4 aliphatic heterocycles. The second-order valence-electron chi connectivity index (χ2n) is 12.0. The summed E-state index contributed by atoms with van der Waals surface area (Å²) in [5, 5.41) is 0. The molecule has 0 aromatic heterocycles. The summed E-state index contributed by atoms with van der Waals surface area (Å²) in [6, 6.07) is 20.9. The van der Waals surface area contributed by atoms with Gasteiger partial charge in [0.1, 0.15) is 0 Å². The SMILES string of the molecule is O=C(C1CN2CCC1C(OCc1cc(C(F)(F)F)cc(C(F)(F)F)c1)C2C(c1ccccc1)c1ccccc1)N1CCOCC1. The molecule has 3 aromatic rings. The largest absolute Gasteiger partial charge is 0.416 e. The Hall–Kier alpha value is -3.41. The lowest BCUT2D eigenvalue weighted by Crippen LogP contribution is -2.66. The first-order chi connectivity index (χ1) is 21.5. The van der Waals surface area contributed by atoms with Gasteiger partial charge in [-0.05, 0) is 47.9 Å². The lowest BCUT2D eigenvalue weighted by Gasteiger charge is -2.56. The average molecular weight is 633 g/mol. The number of carbonyl (C=O) groups is 1. The smallest absolute Gasteiger partial charge is 0.378 e. The van der Waals surface area contributed by atoms with E-state index in [0.29, 0.717) is 57.9 Å².